The summed E-state index contributed by atoms with van der Waals surface area (Å²) in [5.41, 5.74) is 3.23. The number of hydrogen-bond acceptors (Lipinski definition) is 5. The number of rotatable bonds is 6. The van der Waals surface area contributed by atoms with Gasteiger partial charge in [0, 0.05) is 17.8 Å². The summed E-state index contributed by atoms with van der Waals surface area (Å²) in [5.74, 6) is 1.24. The summed E-state index contributed by atoms with van der Waals surface area (Å²) in [7, 11) is 0. The predicted octanol–water partition coefficient (Wildman–Crippen LogP) is 4.52. The molecule has 6 nitrogen and oxygen atoms in total. The van der Waals surface area contributed by atoms with Gasteiger partial charge in [-0.1, -0.05) is 50.1 Å². The van der Waals surface area contributed by atoms with Gasteiger partial charge in [-0.25, -0.2) is 0 Å². The number of nitrogens with zero attached hydrogens (tertiary/aromatic N) is 1. The third-order valence-corrected chi connectivity index (χ3v) is 8.14. The van der Waals surface area contributed by atoms with Crippen LogP contribution in [-0.2, 0) is 22.6 Å². The van der Waals surface area contributed by atoms with Crippen molar-refractivity contribution in [2.75, 3.05) is 13.3 Å². The van der Waals surface area contributed by atoms with E-state index in [0.29, 0.717) is 17.5 Å². The Morgan fingerprint density at radius 1 is 1.09 bits per heavy atom. The van der Waals surface area contributed by atoms with Crippen LogP contribution < -0.4 is 14.8 Å². The van der Waals surface area contributed by atoms with Crippen molar-refractivity contribution in [3.63, 3.8) is 0 Å². The van der Waals surface area contributed by atoms with E-state index in [1.165, 1.54) is 12.0 Å². The van der Waals surface area contributed by atoms with E-state index >= 15 is 0 Å². The molecule has 0 bridgehead atoms. The van der Waals surface area contributed by atoms with Crippen LogP contribution in [0.3, 0.4) is 0 Å². The van der Waals surface area contributed by atoms with Gasteiger partial charge in [-0.3, -0.25) is 9.59 Å². The van der Waals surface area contributed by atoms with Crippen molar-refractivity contribution in [3.05, 3.63) is 64.1 Å². The summed E-state index contributed by atoms with van der Waals surface area (Å²) in [4.78, 5) is 28.9. The summed E-state index contributed by atoms with van der Waals surface area (Å²) in [6.45, 7) is 2.82. The Kier molecular flexibility index (Phi) is 6.81. The van der Waals surface area contributed by atoms with Gasteiger partial charge in [0.15, 0.2) is 11.5 Å². The number of amides is 2. The minimum Gasteiger partial charge on any atom is -0.454 e. The second kappa shape index (κ2) is 10.1. The molecule has 2 atom stereocenters. The van der Waals surface area contributed by atoms with Crippen LogP contribution in [0.5, 0.6) is 11.5 Å². The van der Waals surface area contributed by atoms with Crippen LogP contribution in [-0.4, -0.2) is 41.3 Å². The van der Waals surface area contributed by atoms with Gasteiger partial charge < -0.3 is 19.7 Å². The first-order valence-corrected chi connectivity index (χ1v) is 12.9. The number of fused-ring (bicyclic) bond motifs is 2. The van der Waals surface area contributed by atoms with Crippen LogP contribution in [0.4, 0.5) is 0 Å². The number of hydrogen-bond donors (Lipinski definition) is 1. The van der Waals surface area contributed by atoms with E-state index in [1.807, 2.05) is 29.2 Å². The summed E-state index contributed by atoms with van der Waals surface area (Å²) in [6, 6.07) is 14.1. The van der Waals surface area contributed by atoms with Crippen LogP contribution in [0.2, 0.25) is 0 Å². The lowest BCUT2D eigenvalue weighted by atomic mass is 9.93. The molecule has 1 saturated carbocycles. The summed E-state index contributed by atoms with van der Waals surface area (Å²) in [5, 5.41) is 3.32. The number of carbonyl (C=O) groups excluding carboxylic acids is 2. The highest BCUT2D eigenvalue weighted by molar-refractivity contribution is 8.04. The van der Waals surface area contributed by atoms with Crippen molar-refractivity contribution in [1.29, 1.82) is 0 Å². The number of carbonyl (C=O) groups is 2. The maximum atomic E-state index is 13.5. The third kappa shape index (κ3) is 4.94. The van der Waals surface area contributed by atoms with E-state index < -0.39 is 0 Å². The molecule has 0 radical (unpaired) electrons. The fraction of sp³-hybridized carbons (Fsp3) is 0.407. The fourth-order valence-corrected chi connectivity index (χ4v) is 6.30. The molecule has 2 heterocycles. The van der Waals surface area contributed by atoms with Gasteiger partial charge in [0.05, 0.1) is 4.91 Å². The number of thioether (sulfide) groups is 1. The van der Waals surface area contributed by atoms with Gasteiger partial charge in [0.1, 0.15) is 6.54 Å². The zero-order valence-corrected chi connectivity index (χ0v) is 20.2. The van der Waals surface area contributed by atoms with Crippen molar-refractivity contribution in [1.82, 2.24) is 10.2 Å². The molecule has 2 aromatic carbocycles. The molecule has 1 N–H and O–H groups in total. The van der Waals surface area contributed by atoms with E-state index in [2.05, 4.69) is 36.5 Å². The number of nitrogens with one attached hydrogen (secondary N) is 1. The molecule has 178 valence electrons. The molecule has 2 aromatic rings. The molecule has 2 fully saturated rings. The molecular weight excluding hydrogens is 448 g/mol. The average molecular weight is 479 g/mol. The molecule has 5 rings (SSSR count). The molecular formula is C27H30N2O4S. The first kappa shape index (κ1) is 22.8. The highest BCUT2D eigenvalue weighted by Crippen LogP contribution is 2.42. The Hall–Kier alpha value is -2.93. The molecule has 2 unspecified atom stereocenters. The van der Waals surface area contributed by atoms with Crippen molar-refractivity contribution in [2.24, 2.45) is 0 Å². The molecule has 2 aliphatic heterocycles. The third-order valence-electron chi connectivity index (χ3n) is 6.74. The predicted molar refractivity (Wildman–Crippen MR) is 134 cm³/mol. The van der Waals surface area contributed by atoms with E-state index in [9.17, 15) is 9.59 Å². The molecule has 0 spiro atoms. The highest BCUT2D eigenvalue weighted by Gasteiger charge is 2.41. The Morgan fingerprint density at radius 2 is 1.85 bits per heavy atom. The maximum absolute atomic E-state index is 13.5. The Bertz CT molecular complexity index is 1100. The van der Waals surface area contributed by atoms with E-state index in [4.69, 9.17) is 9.47 Å². The largest absolute Gasteiger partial charge is 0.454 e. The van der Waals surface area contributed by atoms with Crippen molar-refractivity contribution >= 4 is 29.7 Å². The lowest BCUT2D eigenvalue weighted by molar-refractivity contribution is -0.135. The SMILES string of the molecule is CCc1ccc(/C=C2/SC3CCCCC3N(CC(=O)NCc3ccc4c(c3)OCO4)C2=O)cc1. The van der Waals surface area contributed by atoms with Crippen LogP contribution in [0.25, 0.3) is 6.08 Å². The summed E-state index contributed by atoms with van der Waals surface area (Å²) >= 11 is 1.69. The monoisotopic (exact) mass is 478 g/mol. The van der Waals surface area contributed by atoms with Gasteiger partial charge in [0.25, 0.3) is 5.91 Å². The topological polar surface area (TPSA) is 67.9 Å². The van der Waals surface area contributed by atoms with Crippen molar-refractivity contribution in [2.45, 2.75) is 56.9 Å². The Labute approximate surface area is 204 Å². The first-order valence-electron chi connectivity index (χ1n) is 12.0. The number of ether oxygens (including phenoxy) is 2. The maximum Gasteiger partial charge on any atom is 0.261 e. The van der Waals surface area contributed by atoms with Crippen molar-refractivity contribution in [3.8, 4) is 11.5 Å². The molecule has 1 saturated heterocycles. The van der Waals surface area contributed by atoms with Gasteiger partial charge in [-0.2, -0.15) is 0 Å². The van der Waals surface area contributed by atoms with Crippen LogP contribution in [0.15, 0.2) is 47.4 Å². The molecule has 7 heteroatoms. The van der Waals surface area contributed by atoms with Gasteiger partial charge in [-0.05, 0) is 54.2 Å². The Balaban J connectivity index is 1.28. The average Bonchev–Trinajstić information content (AvgIpc) is 3.34. The standard InChI is InChI=1S/C27H30N2O4S/c1-2-18-7-9-19(10-8-18)14-25-27(31)29(21-5-3-4-6-24(21)34-25)16-26(30)28-15-20-11-12-22-23(13-20)33-17-32-22/h7-14,21,24H,2-6,15-17H2,1H3,(H,28,30)/b25-14+. The zero-order chi connectivity index (χ0) is 23.5. The summed E-state index contributed by atoms with van der Waals surface area (Å²) in [6.07, 6.45) is 7.27. The summed E-state index contributed by atoms with van der Waals surface area (Å²) < 4.78 is 10.8. The lowest BCUT2D eigenvalue weighted by Gasteiger charge is -2.43. The van der Waals surface area contributed by atoms with Gasteiger partial charge >= 0.3 is 0 Å². The Morgan fingerprint density at radius 3 is 2.68 bits per heavy atom. The van der Waals surface area contributed by atoms with E-state index in [-0.39, 0.29) is 31.2 Å². The molecule has 0 aromatic heterocycles. The minimum atomic E-state index is -0.145. The van der Waals surface area contributed by atoms with E-state index in [0.717, 1.165) is 47.5 Å². The molecule has 1 aliphatic carbocycles. The first-order chi connectivity index (χ1) is 16.6. The molecule has 3 aliphatic rings. The molecule has 34 heavy (non-hydrogen) atoms. The number of benzene rings is 2. The molecule has 2 amide bonds. The minimum absolute atomic E-state index is 0.0362. The van der Waals surface area contributed by atoms with Crippen LogP contribution >= 0.6 is 11.8 Å². The smallest absolute Gasteiger partial charge is 0.261 e. The second-order valence-corrected chi connectivity index (χ2v) is 10.3. The highest BCUT2D eigenvalue weighted by atomic mass is 32.2. The quantitative estimate of drug-likeness (QED) is 0.619. The van der Waals surface area contributed by atoms with Crippen LogP contribution in [0, 0.1) is 0 Å². The fourth-order valence-electron chi connectivity index (χ4n) is 4.82. The lowest BCUT2D eigenvalue weighted by Crippen LogP contribution is -2.54. The normalized spacial score (nSPS) is 22.6. The van der Waals surface area contributed by atoms with Gasteiger partial charge in [-0.15, -0.1) is 11.8 Å². The zero-order valence-electron chi connectivity index (χ0n) is 19.4. The van der Waals surface area contributed by atoms with Crippen molar-refractivity contribution < 1.29 is 19.1 Å². The van der Waals surface area contributed by atoms with E-state index in [1.54, 1.807) is 11.8 Å². The second-order valence-electron chi connectivity index (χ2n) is 9.01. The van der Waals surface area contributed by atoms with Crippen LogP contribution in [0.1, 0.15) is 49.3 Å². The van der Waals surface area contributed by atoms with Gasteiger partial charge in [0.2, 0.25) is 12.7 Å². The number of aryl methyl sites for hydroxylation is 1.